The van der Waals surface area contributed by atoms with Crippen molar-refractivity contribution in [1.82, 2.24) is 40.6 Å². The molecular weight excluding hydrogens is 599 g/mol. The zero-order chi connectivity index (χ0) is 30.7. The van der Waals surface area contributed by atoms with Crippen LogP contribution < -0.4 is 36.9 Å². The zero-order valence-electron chi connectivity index (χ0n) is 24.3. The highest BCUT2D eigenvalue weighted by atomic mass is 35.5. The molecule has 3 fully saturated rings. The number of carbonyl (C=O) groups is 2. The number of likely N-dealkylation sites (N-methyl/N-ethyl adjacent to an activating group) is 1. The molecule has 14 nitrogen and oxygen atoms in total. The lowest BCUT2D eigenvalue weighted by Crippen LogP contribution is -2.57. The molecule has 1 aromatic carbocycles. The summed E-state index contributed by atoms with van der Waals surface area (Å²) < 4.78 is 11.6. The van der Waals surface area contributed by atoms with E-state index in [0.717, 1.165) is 32.7 Å². The molecule has 3 aliphatic rings. The number of nitrogens with zero attached hydrogens (tertiary/aromatic N) is 5. The number of hydrogen-bond acceptors (Lipinski definition) is 12. The van der Waals surface area contributed by atoms with Gasteiger partial charge in [0.05, 0.1) is 12.1 Å². The lowest BCUT2D eigenvalue weighted by molar-refractivity contribution is 0.0659. The molecule has 5 rings (SSSR count). The molecule has 0 saturated carbocycles. The smallest absolute Gasteiger partial charge is 0.276 e. The van der Waals surface area contributed by atoms with Crippen molar-refractivity contribution < 1.29 is 19.1 Å². The number of halogens is 2. The van der Waals surface area contributed by atoms with Crippen molar-refractivity contribution in [2.45, 2.75) is 24.7 Å². The lowest BCUT2D eigenvalue weighted by atomic mass is 9.88. The second kappa shape index (κ2) is 13.2. The number of likely N-dealkylation sites (tertiary alicyclic amines) is 1. The minimum Gasteiger partial charge on any atom is -0.493 e. The Morgan fingerprint density at radius 1 is 1.09 bits per heavy atom. The van der Waals surface area contributed by atoms with Gasteiger partial charge in [-0.05, 0) is 32.0 Å². The molecule has 1 atom stereocenters. The highest BCUT2D eigenvalue weighted by Crippen LogP contribution is 2.37. The summed E-state index contributed by atoms with van der Waals surface area (Å²) in [5.74, 6) is 0.0328. The fourth-order valence-electron chi connectivity index (χ4n) is 5.57. The predicted molar refractivity (Wildman–Crippen MR) is 164 cm³/mol. The van der Waals surface area contributed by atoms with Crippen molar-refractivity contribution in [3.05, 3.63) is 33.6 Å². The SMILES string of the molecule is COc1cc(C(=O)N2CCC3(CC2)CNC(NC(=O)c2nc(Cl)c(N)nc2N)N3)cc(Cl)c1OCCN1CCN(C)CC1. The third-order valence-corrected chi connectivity index (χ3v) is 8.78. The van der Waals surface area contributed by atoms with Crippen molar-refractivity contribution >= 4 is 46.7 Å². The van der Waals surface area contributed by atoms with Gasteiger partial charge < -0.3 is 36.1 Å². The molecule has 43 heavy (non-hydrogen) atoms. The Balaban J connectivity index is 1.14. The van der Waals surface area contributed by atoms with Gasteiger partial charge in [0.15, 0.2) is 34.0 Å². The molecule has 2 amide bonds. The molecule has 0 bridgehead atoms. The van der Waals surface area contributed by atoms with Crippen LogP contribution in [0.5, 0.6) is 11.5 Å². The third kappa shape index (κ3) is 7.16. The van der Waals surface area contributed by atoms with E-state index in [4.69, 9.17) is 44.1 Å². The number of methoxy groups -OCH3 is 1. The van der Waals surface area contributed by atoms with Crippen LogP contribution in [0.2, 0.25) is 10.2 Å². The van der Waals surface area contributed by atoms with Gasteiger partial charge >= 0.3 is 0 Å². The Morgan fingerprint density at radius 2 is 1.81 bits per heavy atom. The van der Waals surface area contributed by atoms with Gasteiger partial charge in [-0.15, -0.1) is 0 Å². The quantitative estimate of drug-likeness (QED) is 0.271. The van der Waals surface area contributed by atoms with E-state index in [9.17, 15) is 9.59 Å². The van der Waals surface area contributed by atoms with Crippen LogP contribution in [0, 0.1) is 0 Å². The maximum absolute atomic E-state index is 13.5. The molecule has 7 N–H and O–H groups in total. The maximum Gasteiger partial charge on any atom is 0.276 e. The lowest BCUT2D eigenvalue weighted by Gasteiger charge is -2.39. The molecule has 4 heterocycles. The molecule has 0 radical (unpaired) electrons. The van der Waals surface area contributed by atoms with Gasteiger partial charge in [0.25, 0.3) is 11.8 Å². The van der Waals surface area contributed by atoms with Crippen LogP contribution in [-0.4, -0.2) is 121 Å². The molecule has 2 aromatic rings. The van der Waals surface area contributed by atoms with E-state index in [-0.39, 0.29) is 33.9 Å². The number of nitrogens with two attached hydrogens (primary N) is 2. The summed E-state index contributed by atoms with van der Waals surface area (Å²) in [5, 5.41) is 9.75. The van der Waals surface area contributed by atoms with E-state index in [1.165, 1.54) is 7.11 Å². The Kier molecular flexibility index (Phi) is 9.63. The van der Waals surface area contributed by atoms with Crippen molar-refractivity contribution in [2.75, 3.05) is 84.6 Å². The molecule has 3 aliphatic heterocycles. The summed E-state index contributed by atoms with van der Waals surface area (Å²) in [5.41, 5.74) is 11.4. The van der Waals surface area contributed by atoms with E-state index in [1.54, 1.807) is 17.0 Å². The Morgan fingerprint density at radius 3 is 2.51 bits per heavy atom. The summed E-state index contributed by atoms with van der Waals surface area (Å²) in [4.78, 5) is 40.5. The van der Waals surface area contributed by atoms with Gasteiger partial charge in [-0.2, -0.15) is 0 Å². The van der Waals surface area contributed by atoms with E-state index in [0.29, 0.717) is 61.2 Å². The van der Waals surface area contributed by atoms with Gasteiger partial charge in [0, 0.05) is 63.5 Å². The van der Waals surface area contributed by atoms with Crippen LogP contribution in [0.25, 0.3) is 0 Å². The van der Waals surface area contributed by atoms with Crippen LogP contribution in [-0.2, 0) is 0 Å². The molecule has 3 saturated heterocycles. The van der Waals surface area contributed by atoms with E-state index in [1.807, 2.05) is 0 Å². The minimum atomic E-state index is -0.542. The first-order chi connectivity index (χ1) is 20.6. The first-order valence-electron chi connectivity index (χ1n) is 14.2. The Bertz CT molecular complexity index is 1350. The van der Waals surface area contributed by atoms with Gasteiger partial charge in [0.1, 0.15) is 12.9 Å². The van der Waals surface area contributed by atoms with Crippen molar-refractivity contribution in [3.8, 4) is 11.5 Å². The maximum atomic E-state index is 13.5. The summed E-state index contributed by atoms with van der Waals surface area (Å²) in [6.07, 6.45) is 0.817. The molecule has 16 heteroatoms. The van der Waals surface area contributed by atoms with Gasteiger partial charge in [-0.3, -0.25) is 25.1 Å². The predicted octanol–water partition coefficient (Wildman–Crippen LogP) is 0.464. The summed E-state index contributed by atoms with van der Waals surface area (Å²) in [7, 11) is 3.66. The standard InChI is InChI=1S/C27H38Cl2N10O4/c1-37-7-9-38(10-8-37)11-12-43-20-17(28)13-16(14-18(20)42-2)25(41)39-5-3-27(4-6-39)15-32-26(36-27)35-24(40)19-22(30)34-23(31)21(29)33-19/h13-14,26,32,36H,3-12,15H2,1-2H3,(H,35,40)(H4,30,31,34). The number of rotatable bonds is 8. The molecule has 1 unspecified atom stereocenters. The summed E-state index contributed by atoms with van der Waals surface area (Å²) in [6, 6.07) is 3.32. The fourth-order valence-corrected chi connectivity index (χ4v) is 5.97. The van der Waals surface area contributed by atoms with Crippen LogP contribution in [0.1, 0.15) is 33.7 Å². The largest absolute Gasteiger partial charge is 0.493 e. The number of benzene rings is 1. The van der Waals surface area contributed by atoms with Gasteiger partial charge in [0.2, 0.25) is 0 Å². The number of amides is 2. The topological polar surface area (TPSA) is 176 Å². The fraction of sp³-hybridized carbons (Fsp3) is 0.556. The van der Waals surface area contributed by atoms with Crippen LogP contribution >= 0.6 is 23.2 Å². The number of aromatic nitrogens is 2. The summed E-state index contributed by atoms with van der Waals surface area (Å²) in [6.45, 7) is 6.96. The monoisotopic (exact) mass is 636 g/mol. The number of carbonyl (C=O) groups excluding carboxylic acids is 2. The van der Waals surface area contributed by atoms with E-state index >= 15 is 0 Å². The zero-order valence-corrected chi connectivity index (χ0v) is 25.8. The molecular formula is C27H38Cl2N10O4. The van der Waals surface area contributed by atoms with Gasteiger partial charge in [-0.25, -0.2) is 9.97 Å². The number of anilines is 2. The highest BCUT2D eigenvalue weighted by Gasteiger charge is 2.42. The number of piperidine rings is 1. The highest BCUT2D eigenvalue weighted by molar-refractivity contribution is 6.32. The molecule has 0 aliphatic carbocycles. The number of hydrogen-bond donors (Lipinski definition) is 5. The first kappa shape index (κ1) is 31.3. The summed E-state index contributed by atoms with van der Waals surface area (Å²) >= 11 is 12.5. The van der Waals surface area contributed by atoms with Gasteiger partial charge in [-0.1, -0.05) is 23.2 Å². The average Bonchev–Trinajstić information content (AvgIpc) is 3.37. The second-order valence-corrected chi connectivity index (χ2v) is 11.9. The molecule has 1 aromatic heterocycles. The normalized spacial score (nSPS) is 20.7. The van der Waals surface area contributed by atoms with Crippen molar-refractivity contribution in [3.63, 3.8) is 0 Å². The van der Waals surface area contributed by atoms with Crippen LogP contribution in [0.3, 0.4) is 0 Å². The van der Waals surface area contributed by atoms with E-state index in [2.05, 4.69) is 42.8 Å². The molecule has 1 spiro atoms. The molecule has 234 valence electrons. The number of nitrogen functional groups attached to an aromatic ring is 2. The minimum absolute atomic E-state index is 0.0465. The number of piperazine rings is 1. The second-order valence-electron chi connectivity index (χ2n) is 11.1. The van der Waals surface area contributed by atoms with Crippen LogP contribution in [0.15, 0.2) is 12.1 Å². The number of ether oxygens (including phenoxy) is 2. The average molecular weight is 638 g/mol. The first-order valence-corrected chi connectivity index (χ1v) is 14.9. The number of nitrogens with one attached hydrogen (secondary N) is 3. The Labute approximate surface area is 260 Å². The van der Waals surface area contributed by atoms with E-state index < -0.39 is 12.2 Å². The third-order valence-electron chi connectivity index (χ3n) is 8.22. The Hall–Kier alpha value is -3.14. The van der Waals surface area contributed by atoms with Crippen molar-refractivity contribution in [1.29, 1.82) is 0 Å². The van der Waals surface area contributed by atoms with Crippen LogP contribution in [0.4, 0.5) is 11.6 Å². The van der Waals surface area contributed by atoms with Crippen molar-refractivity contribution in [2.24, 2.45) is 0 Å².